The molecular weight excluding hydrogens is 290 g/mol. The molecule has 1 saturated carbocycles. The van der Waals surface area contributed by atoms with Crippen LogP contribution in [-0.2, 0) is 4.79 Å². The molecule has 0 unspecified atom stereocenters. The van der Waals surface area contributed by atoms with E-state index in [2.05, 4.69) is 10.6 Å². The molecule has 2 N–H and O–H groups in total. The molecule has 1 aromatic carbocycles. The van der Waals surface area contributed by atoms with Crippen molar-refractivity contribution in [1.29, 1.82) is 0 Å². The number of hydrogen-bond acceptors (Lipinski definition) is 2. The monoisotopic (exact) mass is 317 g/mol. The Kier molecular flexibility index (Phi) is 6.02. The molecule has 5 nitrogen and oxygen atoms in total. The lowest BCUT2D eigenvalue weighted by Gasteiger charge is -2.35. The lowest BCUT2D eigenvalue weighted by atomic mass is 9.77. The second-order valence-corrected chi connectivity index (χ2v) is 6.27. The number of rotatable bonds is 6. The van der Waals surface area contributed by atoms with Crippen molar-refractivity contribution < 1.29 is 9.59 Å². The Labute approximate surface area is 138 Å². The summed E-state index contributed by atoms with van der Waals surface area (Å²) < 4.78 is 0. The predicted octanol–water partition coefficient (Wildman–Crippen LogP) is 2.69. The normalized spacial score (nSPS) is 16.8. The van der Waals surface area contributed by atoms with E-state index >= 15 is 0 Å². The van der Waals surface area contributed by atoms with E-state index in [0.29, 0.717) is 12.5 Å². The first-order valence-corrected chi connectivity index (χ1v) is 8.39. The largest absolute Gasteiger partial charge is 0.344 e. The van der Waals surface area contributed by atoms with Gasteiger partial charge in [-0.05, 0) is 38.2 Å². The minimum atomic E-state index is -0.530. The third-order valence-electron chi connectivity index (χ3n) is 4.64. The summed E-state index contributed by atoms with van der Waals surface area (Å²) in [6.45, 7) is 4.25. The second kappa shape index (κ2) is 7.99. The van der Waals surface area contributed by atoms with E-state index in [9.17, 15) is 9.59 Å². The van der Waals surface area contributed by atoms with Gasteiger partial charge in [0, 0.05) is 13.6 Å². The van der Waals surface area contributed by atoms with Crippen LogP contribution in [0.5, 0.6) is 0 Å². The standard InChI is InChI=1S/C18H27N3O2/c1-4-21(3)17(22)13(2)19-18(23)20-16(15-11-8-12-15)14-9-6-5-7-10-14/h5-7,9-10,13,15-16H,4,8,11-12H2,1-3H3,(H2,19,20,23)/t13-,16+/m1/s1. The first-order chi connectivity index (χ1) is 11.0. The van der Waals surface area contributed by atoms with E-state index in [1.807, 2.05) is 37.3 Å². The molecule has 0 aromatic heterocycles. The van der Waals surface area contributed by atoms with Gasteiger partial charge in [-0.1, -0.05) is 36.8 Å². The highest BCUT2D eigenvalue weighted by atomic mass is 16.2. The van der Waals surface area contributed by atoms with Crippen LogP contribution >= 0.6 is 0 Å². The molecule has 2 atom stereocenters. The Morgan fingerprint density at radius 3 is 2.39 bits per heavy atom. The summed E-state index contributed by atoms with van der Waals surface area (Å²) in [6, 6.07) is 9.24. The fourth-order valence-corrected chi connectivity index (χ4v) is 2.83. The second-order valence-electron chi connectivity index (χ2n) is 6.27. The fraction of sp³-hybridized carbons (Fsp3) is 0.556. The van der Waals surface area contributed by atoms with Gasteiger partial charge in [0.1, 0.15) is 6.04 Å². The van der Waals surface area contributed by atoms with Gasteiger partial charge >= 0.3 is 6.03 Å². The average Bonchev–Trinajstić information content (AvgIpc) is 2.51. The fourth-order valence-electron chi connectivity index (χ4n) is 2.83. The van der Waals surface area contributed by atoms with Gasteiger partial charge in [0.25, 0.3) is 0 Å². The molecule has 1 aliphatic carbocycles. The first kappa shape index (κ1) is 17.3. The zero-order valence-corrected chi connectivity index (χ0v) is 14.2. The van der Waals surface area contributed by atoms with Crippen LogP contribution in [0.1, 0.15) is 44.7 Å². The Bertz CT molecular complexity index is 528. The maximum absolute atomic E-state index is 12.3. The van der Waals surface area contributed by atoms with Crippen molar-refractivity contribution in [2.24, 2.45) is 5.92 Å². The molecule has 5 heteroatoms. The van der Waals surface area contributed by atoms with Gasteiger partial charge in [-0.2, -0.15) is 0 Å². The van der Waals surface area contributed by atoms with Gasteiger partial charge in [-0.15, -0.1) is 0 Å². The minimum absolute atomic E-state index is 0.0103. The van der Waals surface area contributed by atoms with Crippen LogP contribution in [0.4, 0.5) is 4.79 Å². The highest BCUT2D eigenvalue weighted by Gasteiger charge is 2.30. The topological polar surface area (TPSA) is 61.4 Å². The highest BCUT2D eigenvalue weighted by Crippen LogP contribution is 2.37. The Balaban J connectivity index is 1.97. The highest BCUT2D eigenvalue weighted by molar-refractivity contribution is 5.86. The molecule has 0 radical (unpaired) electrons. The van der Waals surface area contributed by atoms with E-state index in [1.165, 1.54) is 6.42 Å². The lowest BCUT2D eigenvalue weighted by molar-refractivity contribution is -0.131. The molecule has 2 rings (SSSR count). The van der Waals surface area contributed by atoms with Gasteiger partial charge in [0.2, 0.25) is 5.91 Å². The Morgan fingerprint density at radius 2 is 1.87 bits per heavy atom. The number of nitrogens with zero attached hydrogens (tertiary/aromatic N) is 1. The van der Waals surface area contributed by atoms with Crippen LogP contribution in [0.25, 0.3) is 0 Å². The Hall–Kier alpha value is -2.04. The van der Waals surface area contributed by atoms with Crippen molar-refractivity contribution >= 4 is 11.9 Å². The van der Waals surface area contributed by atoms with Gasteiger partial charge < -0.3 is 15.5 Å². The molecule has 0 spiro atoms. The maximum atomic E-state index is 12.3. The van der Waals surface area contributed by atoms with E-state index in [0.717, 1.165) is 18.4 Å². The molecule has 1 aliphatic rings. The molecule has 23 heavy (non-hydrogen) atoms. The van der Waals surface area contributed by atoms with E-state index in [4.69, 9.17) is 0 Å². The quantitative estimate of drug-likeness (QED) is 0.847. The molecular formula is C18H27N3O2. The summed E-state index contributed by atoms with van der Waals surface area (Å²) in [5, 5.41) is 5.81. The first-order valence-electron chi connectivity index (χ1n) is 8.39. The summed E-state index contributed by atoms with van der Waals surface area (Å²) in [4.78, 5) is 26.0. The maximum Gasteiger partial charge on any atom is 0.315 e. The number of urea groups is 1. The van der Waals surface area contributed by atoms with Crippen molar-refractivity contribution in [3.8, 4) is 0 Å². The van der Waals surface area contributed by atoms with Gasteiger partial charge in [0.05, 0.1) is 6.04 Å². The van der Waals surface area contributed by atoms with Crippen molar-refractivity contribution in [2.75, 3.05) is 13.6 Å². The van der Waals surface area contributed by atoms with Crippen LogP contribution in [0, 0.1) is 5.92 Å². The summed E-state index contributed by atoms with van der Waals surface area (Å²) in [6.07, 6.45) is 3.48. The third kappa shape index (κ3) is 4.47. The van der Waals surface area contributed by atoms with Crippen molar-refractivity contribution in [3.63, 3.8) is 0 Å². The number of nitrogens with one attached hydrogen (secondary N) is 2. The zero-order valence-electron chi connectivity index (χ0n) is 14.2. The third-order valence-corrected chi connectivity index (χ3v) is 4.64. The molecule has 3 amide bonds. The van der Waals surface area contributed by atoms with Crippen molar-refractivity contribution in [2.45, 2.75) is 45.2 Å². The summed E-state index contributed by atoms with van der Waals surface area (Å²) in [5.41, 5.74) is 1.12. The van der Waals surface area contributed by atoms with Crippen LogP contribution in [0.3, 0.4) is 0 Å². The van der Waals surface area contributed by atoms with E-state index < -0.39 is 6.04 Å². The molecule has 0 heterocycles. The molecule has 0 aliphatic heterocycles. The number of hydrogen-bond donors (Lipinski definition) is 2. The number of benzene rings is 1. The number of carbonyl (C=O) groups is 2. The molecule has 1 fully saturated rings. The van der Waals surface area contributed by atoms with Crippen molar-refractivity contribution in [1.82, 2.24) is 15.5 Å². The number of carbonyl (C=O) groups excluding carboxylic acids is 2. The predicted molar refractivity (Wildman–Crippen MR) is 91.0 cm³/mol. The number of amides is 3. The van der Waals surface area contributed by atoms with Crippen LogP contribution in [0.15, 0.2) is 30.3 Å². The van der Waals surface area contributed by atoms with Crippen LogP contribution in [-0.4, -0.2) is 36.5 Å². The van der Waals surface area contributed by atoms with Crippen LogP contribution < -0.4 is 10.6 Å². The summed E-state index contributed by atoms with van der Waals surface area (Å²) in [5.74, 6) is 0.398. The lowest BCUT2D eigenvalue weighted by Crippen LogP contribution is -2.50. The zero-order chi connectivity index (χ0) is 16.8. The van der Waals surface area contributed by atoms with Gasteiger partial charge in [-0.25, -0.2) is 4.79 Å². The van der Waals surface area contributed by atoms with Gasteiger partial charge in [-0.3, -0.25) is 4.79 Å². The van der Waals surface area contributed by atoms with Gasteiger partial charge in [0.15, 0.2) is 0 Å². The Morgan fingerprint density at radius 1 is 1.22 bits per heavy atom. The van der Waals surface area contributed by atoms with E-state index in [1.54, 1.807) is 18.9 Å². The average molecular weight is 317 g/mol. The summed E-state index contributed by atoms with van der Waals surface area (Å²) in [7, 11) is 1.74. The smallest absolute Gasteiger partial charge is 0.315 e. The molecule has 0 bridgehead atoms. The molecule has 1 aromatic rings. The summed E-state index contributed by atoms with van der Waals surface area (Å²) >= 11 is 0. The number of likely N-dealkylation sites (N-methyl/N-ethyl adjacent to an activating group) is 1. The molecule has 0 saturated heterocycles. The SMILES string of the molecule is CCN(C)C(=O)[C@@H](C)NC(=O)N[C@@H](c1ccccc1)C1CCC1. The minimum Gasteiger partial charge on any atom is -0.344 e. The van der Waals surface area contributed by atoms with Crippen LogP contribution in [0.2, 0.25) is 0 Å². The van der Waals surface area contributed by atoms with Crippen molar-refractivity contribution in [3.05, 3.63) is 35.9 Å². The van der Waals surface area contributed by atoms with E-state index in [-0.39, 0.29) is 18.0 Å². The molecule has 126 valence electrons.